The third-order valence-electron chi connectivity index (χ3n) is 11.9. The molecule has 6 rings (SSSR count). The van der Waals surface area contributed by atoms with E-state index in [2.05, 4.69) is 54.0 Å². The van der Waals surface area contributed by atoms with Crippen LogP contribution in [0.3, 0.4) is 0 Å². The molecule has 3 aromatic rings. The van der Waals surface area contributed by atoms with E-state index in [0.717, 1.165) is 84.8 Å². The molecule has 1 unspecified atom stereocenters. The molecule has 3 heterocycles. The summed E-state index contributed by atoms with van der Waals surface area (Å²) in [6.45, 7) is 16.1. The summed E-state index contributed by atoms with van der Waals surface area (Å²) in [5.41, 5.74) is 14.3. The monoisotopic (exact) mass is 727 g/mol. The first-order valence-electron chi connectivity index (χ1n) is 19.0. The molecule has 1 spiro atoms. The van der Waals surface area contributed by atoms with E-state index < -0.39 is 12.1 Å². The number of benzene rings is 2. The van der Waals surface area contributed by atoms with Gasteiger partial charge in [-0.1, -0.05) is 45.9 Å². The second-order valence-corrected chi connectivity index (χ2v) is 16.6. The van der Waals surface area contributed by atoms with Gasteiger partial charge < -0.3 is 24.7 Å². The molecule has 1 aliphatic carbocycles. The number of methoxy groups -OCH3 is 2. The van der Waals surface area contributed by atoms with E-state index in [1.165, 1.54) is 16.7 Å². The van der Waals surface area contributed by atoms with Crippen LogP contribution >= 0.6 is 0 Å². The molecule has 9 nitrogen and oxygen atoms in total. The Morgan fingerprint density at radius 2 is 1.74 bits per heavy atom. The van der Waals surface area contributed by atoms with Crippen molar-refractivity contribution >= 4 is 5.91 Å². The van der Waals surface area contributed by atoms with Gasteiger partial charge in [0.05, 0.1) is 38.2 Å². The van der Waals surface area contributed by atoms with Crippen molar-refractivity contribution < 1.29 is 18.7 Å². The van der Waals surface area contributed by atoms with Crippen LogP contribution in [0, 0.1) is 25.2 Å². The van der Waals surface area contributed by atoms with Crippen molar-refractivity contribution in [3.63, 3.8) is 0 Å². The molecule has 1 saturated heterocycles. The van der Waals surface area contributed by atoms with Crippen LogP contribution in [-0.2, 0) is 31.4 Å². The first-order valence-corrected chi connectivity index (χ1v) is 19.0. The van der Waals surface area contributed by atoms with Crippen LogP contribution in [0.25, 0.3) is 11.1 Å². The number of carbonyl (C=O) groups is 1. The Labute approximate surface area is 314 Å². The lowest BCUT2D eigenvalue weighted by atomic mass is 9.83. The number of alkyl halides is 1. The third kappa shape index (κ3) is 7.49. The third-order valence-corrected chi connectivity index (χ3v) is 11.9. The lowest BCUT2D eigenvalue weighted by Gasteiger charge is -2.44. The highest BCUT2D eigenvalue weighted by Gasteiger charge is 2.51. The highest BCUT2D eigenvalue weighted by atomic mass is 19.1. The number of aryl methyl sites for hydroxylation is 1. The molecular formula is C43H58FN5O4. The first kappa shape index (κ1) is 38.6. The number of rotatable bonds is 11. The zero-order valence-electron chi connectivity index (χ0n) is 33.1. The highest BCUT2D eigenvalue weighted by Crippen LogP contribution is 2.47. The fraction of sp³-hybridized carbons (Fsp3) is 0.535. The van der Waals surface area contributed by atoms with Crippen LogP contribution in [0.4, 0.5) is 4.39 Å². The average molecular weight is 728 g/mol. The molecule has 10 heteroatoms. The minimum Gasteiger partial charge on any atom is -0.496 e. The number of amides is 1. The summed E-state index contributed by atoms with van der Waals surface area (Å²) in [4.78, 5) is 33.3. The Morgan fingerprint density at radius 3 is 2.34 bits per heavy atom. The standard InChI is InChI=1S/C43H58FN5O4/c1-27(2)39-33-12-10-11-30(32(33)13-16-49(39)41(51)36(45)21-42(5,6)25-44)22-48-18-17-47(26-43(48)14-15-43)24-35-37(52-8)19-31(20-38(35)53-9)34-23-46(7)40(50)29(4)28(34)3/h10-12,19-21,23,27,39H,13-18,22,24-26,45H2,1-9H3/b36-21-. The van der Waals surface area contributed by atoms with Gasteiger partial charge in [0, 0.05) is 74.6 Å². The molecule has 0 bridgehead atoms. The molecule has 2 aromatic carbocycles. The number of fused-ring (bicyclic) bond motifs is 1. The van der Waals surface area contributed by atoms with Gasteiger partial charge in [-0.25, -0.2) is 0 Å². The summed E-state index contributed by atoms with van der Waals surface area (Å²) >= 11 is 0. The van der Waals surface area contributed by atoms with Crippen LogP contribution in [0.1, 0.15) is 80.0 Å². The molecule has 1 aromatic heterocycles. The molecule has 1 amide bonds. The Balaban J connectivity index is 1.20. The van der Waals surface area contributed by atoms with E-state index in [4.69, 9.17) is 15.2 Å². The number of carbonyl (C=O) groups excluding carboxylic acids is 1. The number of hydrogen-bond donors (Lipinski definition) is 1. The Hall–Kier alpha value is -4.15. The fourth-order valence-corrected chi connectivity index (χ4v) is 8.64. The van der Waals surface area contributed by atoms with Gasteiger partial charge in [-0.15, -0.1) is 0 Å². The van der Waals surface area contributed by atoms with Gasteiger partial charge in [0.1, 0.15) is 11.5 Å². The number of allylic oxidation sites excluding steroid dienone is 1. The maximum atomic E-state index is 13.7. The van der Waals surface area contributed by atoms with Crippen molar-refractivity contribution in [2.24, 2.45) is 24.1 Å². The van der Waals surface area contributed by atoms with Crippen molar-refractivity contribution in [2.45, 2.75) is 85.5 Å². The van der Waals surface area contributed by atoms with Crippen LogP contribution in [-0.4, -0.2) is 77.8 Å². The quantitative estimate of drug-likeness (QED) is 0.227. The van der Waals surface area contributed by atoms with Crippen LogP contribution in [0.2, 0.25) is 0 Å². The Kier molecular flexibility index (Phi) is 10.9. The summed E-state index contributed by atoms with van der Waals surface area (Å²) in [5.74, 6) is 1.54. The fourth-order valence-electron chi connectivity index (χ4n) is 8.64. The summed E-state index contributed by atoms with van der Waals surface area (Å²) in [7, 11) is 5.20. The summed E-state index contributed by atoms with van der Waals surface area (Å²) in [6, 6.07) is 10.6. The second kappa shape index (κ2) is 14.9. The molecular weight excluding hydrogens is 670 g/mol. The number of halogens is 1. The normalized spacial score (nSPS) is 19.1. The van der Waals surface area contributed by atoms with Gasteiger partial charge in [0.25, 0.3) is 11.5 Å². The van der Waals surface area contributed by atoms with E-state index in [1.54, 1.807) is 45.8 Å². The number of nitrogens with zero attached hydrogens (tertiary/aromatic N) is 4. The highest BCUT2D eigenvalue weighted by molar-refractivity contribution is 5.93. The molecule has 286 valence electrons. The second-order valence-electron chi connectivity index (χ2n) is 16.6. The summed E-state index contributed by atoms with van der Waals surface area (Å²) in [6.07, 6.45) is 6.55. The zero-order chi connectivity index (χ0) is 38.4. The number of hydrogen-bond acceptors (Lipinski definition) is 7. The van der Waals surface area contributed by atoms with Crippen molar-refractivity contribution in [3.05, 3.63) is 92.0 Å². The van der Waals surface area contributed by atoms with E-state index in [-0.39, 0.29) is 34.7 Å². The lowest BCUT2D eigenvalue weighted by molar-refractivity contribution is -0.131. The minimum absolute atomic E-state index is 0.00955. The van der Waals surface area contributed by atoms with Crippen molar-refractivity contribution in [2.75, 3.05) is 47.1 Å². The number of piperazine rings is 1. The Morgan fingerprint density at radius 1 is 1.06 bits per heavy atom. The minimum atomic E-state index is -0.788. The van der Waals surface area contributed by atoms with Gasteiger partial charge in [-0.3, -0.25) is 23.8 Å². The van der Waals surface area contributed by atoms with Crippen molar-refractivity contribution in [1.29, 1.82) is 0 Å². The molecule has 53 heavy (non-hydrogen) atoms. The number of aromatic nitrogens is 1. The molecule has 2 fully saturated rings. The Bertz CT molecular complexity index is 1940. The molecule has 2 N–H and O–H groups in total. The molecule has 3 aliphatic rings. The SMILES string of the molecule is COc1cc(-c2cn(C)c(=O)c(C)c2C)cc(OC)c1CN1CCN(Cc2cccc3c2CCN(C(=O)/C(N)=C/C(C)(C)CF)C3C(C)C)C2(CC2)C1. The van der Waals surface area contributed by atoms with E-state index in [0.29, 0.717) is 13.1 Å². The van der Waals surface area contributed by atoms with E-state index in [9.17, 15) is 14.0 Å². The largest absolute Gasteiger partial charge is 0.496 e. The topological polar surface area (TPSA) is 93.3 Å². The smallest absolute Gasteiger partial charge is 0.269 e. The van der Waals surface area contributed by atoms with E-state index >= 15 is 0 Å². The first-order chi connectivity index (χ1) is 25.1. The molecule has 1 atom stereocenters. The predicted octanol–water partition coefficient (Wildman–Crippen LogP) is 6.46. The maximum absolute atomic E-state index is 13.7. The maximum Gasteiger partial charge on any atom is 0.269 e. The van der Waals surface area contributed by atoms with Crippen LogP contribution in [0.5, 0.6) is 11.5 Å². The average Bonchev–Trinajstić information content (AvgIpc) is 3.91. The predicted molar refractivity (Wildman–Crippen MR) is 209 cm³/mol. The lowest BCUT2D eigenvalue weighted by Crippen LogP contribution is -2.54. The van der Waals surface area contributed by atoms with Gasteiger partial charge in [-0.2, -0.15) is 0 Å². The summed E-state index contributed by atoms with van der Waals surface area (Å²) in [5, 5.41) is 0. The van der Waals surface area contributed by atoms with Gasteiger partial charge in [-0.05, 0) is 85.1 Å². The molecule has 1 saturated carbocycles. The number of ether oxygens (including phenoxy) is 2. The van der Waals surface area contributed by atoms with Crippen LogP contribution in [0.15, 0.2) is 53.1 Å². The van der Waals surface area contributed by atoms with Gasteiger partial charge in [0.15, 0.2) is 0 Å². The van der Waals surface area contributed by atoms with Crippen LogP contribution < -0.4 is 20.8 Å². The molecule has 2 aliphatic heterocycles. The van der Waals surface area contributed by atoms with Crippen molar-refractivity contribution in [3.8, 4) is 22.6 Å². The molecule has 0 radical (unpaired) electrons. The van der Waals surface area contributed by atoms with Gasteiger partial charge in [0.2, 0.25) is 0 Å². The zero-order valence-corrected chi connectivity index (χ0v) is 33.1. The van der Waals surface area contributed by atoms with E-state index in [1.807, 2.05) is 24.9 Å². The number of nitrogens with two attached hydrogens (primary N) is 1. The van der Waals surface area contributed by atoms with Gasteiger partial charge >= 0.3 is 0 Å². The van der Waals surface area contributed by atoms with Crippen molar-refractivity contribution in [1.82, 2.24) is 19.3 Å². The summed E-state index contributed by atoms with van der Waals surface area (Å²) < 4.78 is 27.2. The number of pyridine rings is 1.